The summed E-state index contributed by atoms with van der Waals surface area (Å²) >= 11 is 0. The second-order valence-electron chi connectivity index (χ2n) is 4.01. The van der Waals surface area contributed by atoms with E-state index in [9.17, 15) is 8.78 Å². The Balaban J connectivity index is 2.14. The summed E-state index contributed by atoms with van der Waals surface area (Å²) in [6.07, 6.45) is 0. The maximum atomic E-state index is 13.5. The third-order valence-electron chi connectivity index (χ3n) is 2.77. The van der Waals surface area contributed by atoms with Gasteiger partial charge in [0.1, 0.15) is 17.4 Å². The lowest BCUT2D eigenvalue weighted by Crippen LogP contribution is -2.05. The van der Waals surface area contributed by atoms with Crippen molar-refractivity contribution in [2.75, 3.05) is 18.2 Å². The predicted octanol–water partition coefficient (Wildman–Crippen LogP) is 3.17. The average Bonchev–Trinajstić information content (AvgIpc) is 2.39. The number of benzene rings is 2. The van der Waals surface area contributed by atoms with E-state index in [0.29, 0.717) is 22.7 Å². The van der Waals surface area contributed by atoms with Crippen molar-refractivity contribution in [1.29, 1.82) is 0 Å². The van der Waals surface area contributed by atoms with Crippen molar-refractivity contribution in [3.05, 3.63) is 53.6 Å². The van der Waals surface area contributed by atoms with Crippen molar-refractivity contribution in [2.24, 2.45) is 0 Å². The zero-order chi connectivity index (χ0) is 13.8. The van der Waals surface area contributed by atoms with Crippen LogP contribution in [0.3, 0.4) is 0 Å². The molecule has 0 saturated heterocycles. The SMILES string of the molecule is COc1cccc(NCc2ccc(F)cc2F)c1N. The van der Waals surface area contributed by atoms with Crippen LogP contribution in [0.2, 0.25) is 0 Å². The summed E-state index contributed by atoms with van der Waals surface area (Å²) in [6, 6.07) is 8.74. The van der Waals surface area contributed by atoms with Gasteiger partial charge < -0.3 is 15.8 Å². The number of para-hydroxylation sites is 1. The van der Waals surface area contributed by atoms with Gasteiger partial charge in [-0.2, -0.15) is 0 Å². The van der Waals surface area contributed by atoms with Gasteiger partial charge in [-0.15, -0.1) is 0 Å². The minimum Gasteiger partial charge on any atom is -0.495 e. The van der Waals surface area contributed by atoms with Gasteiger partial charge in [0.2, 0.25) is 0 Å². The molecule has 5 heteroatoms. The van der Waals surface area contributed by atoms with Crippen LogP contribution in [0.5, 0.6) is 5.75 Å². The first-order valence-electron chi connectivity index (χ1n) is 5.72. The number of nitrogen functional groups attached to an aromatic ring is 1. The van der Waals surface area contributed by atoms with E-state index < -0.39 is 11.6 Å². The highest BCUT2D eigenvalue weighted by atomic mass is 19.1. The standard InChI is InChI=1S/C14H14F2N2O/c1-19-13-4-2-3-12(14(13)17)18-8-9-5-6-10(15)7-11(9)16/h2-7,18H,8,17H2,1H3. The average molecular weight is 264 g/mol. The second-order valence-corrected chi connectivity index (χ2v) is 4.01. The Morgan fingerprint density at radius 1 is 1.21 bits per heavy atom. The first-order chi connectivity index (χ1) is 9.11. The number of ether oxygens (including phenoxy) is 1. The molecule has 0 heterocycles. The Hall–Kier alpha value is -2.30. The summed E-state index contributed by atoms with van der Waals surface area (Å²) < 4.78 is 31.3. The van der Waals surface area contributed by atoms with E-state index >= 15 is 0 Å². The lowest BCUT2D eigenvalue weighted by atomic mass is 10.2. The highest BCUT2D eigenvalue weighted by Gasteiger charge is 2.07. The van der Waals surface area contributed by atoms with Crippen LogP contribution in [-0.2, 0) is 6.54 Å². The molecule has 2 rings (SSSR count). The Kier molecular flexibility index (Phi) is 3.85. The number of hydrogen-bond acceptors (Lipinski definition) is 3. The van der Waals surface area contributed by atoms with Gasteiger partial charge in [0.05, 0.1) is 18.5 Å². The molecule has 0 saturated carbocycles. The zero-order valence-electron chi connectivity index (χ0n) is 10.4. The summed E-state index contributed by atoms with van der Waals surface area (Å²) in [4.78, 5) is 0. The molecule has 0 aliphatic carbocycles. The number of nitrogens with one attached hydrogen (secondary N) is 1. The van der Waals surface area contributed by atoms with Gasteiger partial charge in [-0.1, -0.05) is 12.1 Å². The summed E-state index contributed by atoms with van der Waals surface area (Å²) in [5.41, 5.74) is 7.34. The Morgan fingerprint density at radius 3 is 2.68 bits per heavy atom. The van der Waals surface area contributed by atoms with Crippen LogP contribution < -0.4 is 15.8 Å². The van der Waals surface area contributed by atoms with Crippen molar-refractivity contribution in [2.45, 2.75) is 6.54 Å². The van der Waals surface area contributed by atoms with E-state index in [2.05, 4.69) is 5.32 Å². The maximum absolute atomic E-state index is 13.5. The van der Waals surface area contributed by atoms with Gasteiger partial charge in [0.15, 0.2) is 0 Å². The van der Waals surface area contributed by atoms with Crippen LogP contribution in [0.15, 0.2) is 36.4 Å². The van der Waals surface area contributed by atoms with Crippen LogP contribution in [-0.4, -0.2) is 7.11 Å². The largest absolute Gasteiger partial charge is 0.495 e. The van der Waals surface area contributed by atoms with Gasteiger partial charge in [0, 0.05) is 18.2 Å². The molecule has 0 radical (unpaired) electrons. The molecule has 0 aliphatic heterocycles. The summed E-state index contributed by atoms with van der Waals surface area (Å²) in [5, 5.41) is 3.00. The minimum absolute atomic E-state index is 0.212. The summed E-state index contributed by atoms with van der Waals surface area (Å²) in [6.45, 7) is 0.212. The molecule has 3 nitrogen and oxygen atoms in total. The lowest BCUT2D eigenvalue weighted by Gasteiger charge is -2.12. The molecule has 0 aromatic heterocycles. The molecule has 0 fully saturated rings. The molecule has 0 aliphatic rings. The van der Waals surface area contributed by atoms with E-state index in [0.717, 1.165) is 6.07 Å². The first kappa shape index (κ1) is 13.1. The molecule has 0 atom stereocenters. The Morgan fingerprint density at radius 2 is 2.00 bits per heavy atom. The van der Waals surface area contributed by atoms with E-state index in [1.54, 1.807) is 18.2 Å². The number of methoxy groups -OCH3 is 1. The van der Waals surface area contributed by atoms with Gasteiger partial charge >= 0.3 is 0 Å². The molecular weight excluding hydrogens is 250 g/mol. The highest BCUT2D eigenvalue weighted by molar-refractivity contribution is 5.72. The Labute approximate surface area is 110 Å². The van der Waals surface area contributed by atoms with E-state index in [4.69, 9.17) is 10.5 Å². The van der Waals surface area contributed by atoms with E-state index in [-0.39, 0.29) is 6.54 Å². The fourth-order valence-corrected chi connectivity index (χ4v) is 1.73. The van der Waals surface area contributed by atoms with Crippen LogP contribution in [0, 0.1) is 11.6 Å². The lowest BCUT2D eigenvalue weighted by molar-refractivity contribution is 0.417. The molecule has 2 aromatic rings. The van der Waals surface area contributed by atoms with Crippen LogP contribution in [0.25, 0.3) is 0 Å². The topological polar surface area (TPSA) is 47.3 Å². The number of halogens is 2. The number of hydrogen-bond donors (Lipinski definition) is 2. The quantitative estimate of drug-likeness (QED) is 0.834. The Bertz CT molecular complexity index is 588. The van der Waals surface area contributed by atoms with Crippen molar-refractivity contribution >= 4 is 11.4 Å². The monoisotopic (exact) mass is 264 g/mol. The first-order valence-corrected chi connectivity index (χ1v) is 5.72. The van der Waals surface area contributed by atoms with Gasteiger partial charge in [-0.05, 0) is 18.2 Å². The maximum Gasteiger partial charge on any atom is 0.143 e. The van der Waals surface area contributed by atoms with Crippen molar-refractivity contribution in [3.63, 3.8) is 0 Å². The molecule has 0 spiro atoms. The predicted molar refractivity (Wildman–Crippen MR) is 71.1 cm³/mol. The number of rotatable bonds is 4. The fourth-order valence-electron chi connectivity index (χ4n) is 1.73. The molecule has 19 heavy (non-hydrogen) atoms. The third-order valence-corrected chi connectivity index (χ3v) is 2.77. The molecule has 2 aromatic carbocycles. The van der Waals surface area contributed by atoms with E-state index in [1.165, 1.54) is 19.2 Å². The van der Waals surface area contributed by atoms with Crippen LogP contribution >= 0.6 is 0 Å². The highest BCUT2D eigenvalue weighted by Crippen LogP contribution is 2.29. The summed E-state index contributed by atoms with van der Waals surface area (Å²) in [7, 11) is 1.52. The summed E-state index contributed by atoms with van der Waals surface area (Å²) in [5.74, 6) is -0.638. The molecule has 0 unspecified atom stereocenters. The van der Waals surface area contributed by atoms with Gasteiger partial charge in [-0.3, -0.25) is 0 Å². The normalized spacial score (nSPS) is 10.3. The number of nitrogens with two attached hydrogens (primary N) is 1. The van der Waals surface area contributed by atoms with Crippen molar-refractivity contribution in [3.8, 4) is 5.75 Å². The smallest absolute Gasteiger partial charge is 0.143 e. The zero-order valence-corrected chi connectivity index (χ0v) is 10.4. The molecule has 100 valence electrons. The molecular formula is C14H14F2N2O. The molecule has 0 bridgehead atoms. The van der Waals surface area contributed by atoms with Gasteiger partial charge in [0.25, 0.3) is 0 Å². The van der Waals surface area contributed by atoms with Crippen LogP contribution in [0.1, 0.15) is 5.56 Å². The molecule has 0 amide bonds. The molecule has 3 N–H and O–H groups in total. The fraction of sp³-hybridized carbons (Fsp3) is 0.143. The third kappa shape index (κ3) is 2.93. The van der Waals surface area contributed by atoms with Crippen LogP contribution in [0.4, 0.5) is 20.2 Å². The number of anilines is 2. The minimum atomic E-state index is -0.595. The van der Waals surface area contributed by atoms with Crippen molar-refractivity contribution in [1.82, 2.24) is 0 Å². The van der Waals surface area contributed by atoms with Crippen molar-refractivity contribution < 1.29 is 13.5 Å². The second kappa shape index (κ2) is 5.56. The van der Waals surface area contributed by atoms with Gasteiger partial charge in [-0.25, -0.2) is 8.78 Å². The van der Waals surface area contributed by atoms with E-state index in [1.807, 2.05) is 0 Å².